The van der Waals surface area contributed by atoms with Crippen LogP contribution in [0.15, 0.2) is 28.8 Å². The smallest absolute Gasteiger partial charge is 0.329 e. The fourth-order valence-electron chi connectivity index (χ4n) is 1.44. The highest BCUT2D eigenvalue weighted by atomic mass is 32.1. The number of nitrogens with zero attached hydrogens (tertiary/aromatic N) is 2. The number of thiol groups is 1. The Morgan fingerprint density at radius 2 is 1.89 bits per heavy atom. The predicted octanol–water partition coefficient (Wildman–Crippen LogP) is 2.90. The van der Waals surface area contributed by atoms with Crippen molar-refractivity contribution >= 4 is 12.6 Å². The van der Waals surface area contributed by atoms with E-state index in [2.05, 4.69) is 32.6 Å². The molecule has 0 aliphatic carbocycles. The maximum absolute atomic E-state index is 12.3. The van der Waals surface area contributed by atoms with E-state index < -0.39 is 12.1 Å². The predicted molar refractivity (Wildman–Crippen MR) is 65.5 cm³/mol. The summed E-state index contributed by atoms with van der Waals surface area (Å²) in [6.07, 6.45) is -4.63. The molecule has 0 bridgehead atoms. The summed E-state index contributed by atoms with van der Waals surface area (Å²) in [6, 6.07) is 6.68. The molecule has 1 unspecified atom stereocenters. The number of rotatable bonds is 3. The van der Waals surface area contributed by atoms with Gasteiger partial charge < -0.3 is 9.84 Å². The molecule has 8 heteroatoms. The number of halogens is 3. The third-order valence-corrected chi connectivity index (χ3v) is 2.98. The molecule has 1 aromatic heterocycles. The van der Waals surface area contributed by atoms with Gasteiger partial charge in [-0.2, -0.15) is 30.8 Å². The van der Waals surface area contributed by atoms with E-state index >= 15 is 0 Å². The Hall–Kier alpha value is -1.54. The monoisotopic (exact) mass is 289 g/mol. The van der Waals surface area contributed by atoms with Crippen LogP contribution in [0.5, 0.6) is 0 Å². The molecule has 1 aromatic carbocycles. The third kappa shape index (κ3) is 3.07. The minimum absolute atomic E-state index is 0.0981. The van der Waals surface area contributed by atoms with Crippen molar-refractivity contribution in [3.05, 3.63) is 35.7 Å². The lowest BCUT2D eigenvalue weighted by molar-refractivity contribution is -0.159. The minimum Gasteiger partial charge on any atom is -0.329 e. The average molecular weight is 289 g/mol. The largest absolute Gasteiger partial charge is 0.471 e. The summed E-state index contributed by atoms with van der Waals surface area (Å²) >= 11 is 4.27. The Morgan fingerprint density at radius 3 is 2.37 bits per heavy atom. The van der Waals surface area contributed by atoms with Crippen LogP contribution >= 0.6 is 12.6 Å². The number of benzene rings is 1. The molecule has 2 rings (SSSR count). The summed E-state index contributed by atoms with van der Waals surface area (Å²) < 4.78 is 41.1. The van der Waals surface area contributed by atoms with Gasteiger partial charge in [0.05, 0.1) is 5.37 Å². The van der Waals surface area contributed by atoms with Crippen molar-refractivity contribution in [2.24, 2.45) is 0 Å². The van der Waals surface area contributed by atoms with Crippen molar-refractivity contribution in [3.8, 4) is 11.4 Å². The van der Waals surface area contributed by atoms with E-state index in [9.17, 15) is 13.2 Å². The Labute approximate surface area is 112 Å². The molecular weight excluding hydrogens is 279 g/mol. The molecule has 0 aliphatic heterocycles. The molecule has 1 atom stereocenters. The first kappa shape index (κ1) is 13.9. The molecule has 102 valence electrons. The van der Waals surface area contributed by atoms with Crippen LogP contribution in [0.1, 0.15) is 16.8 Å². The van der Waals surface area contributed by atoms with Crippen molar-refractivity contribution in [3.63, 3.8) is 0 Å². The van der Waals surface area contributed by atoms with Gasteiger partial charge in [0, 0.05) is 5.56 Å². The molecule has 0 radical (unpaired) electrons. The van der Waals surface area contributed by atoms with Crippen LogP contribution in [0.4, 0.5) is 13.2 Å². The first-order valence-electron chi connectivity index (χ1n) is 5.28. The SMILES string of the molecule is CNC(S)c1ccc(-c2noc(C(F)(F)F)n2)cc1. The van der Waals surface area contributed by atoms with E-state index in [-0.39, 0.29) is 11.2 Å². The second-order valence-corrected chi connectivity index (χ2v) is 4.25. The maximum Gasteiger partial charge on any atom is 0.471 e. The molecular formula is C11H10F3N3OS. The molecule has 0 amide bonds. The van der Waals surface area contributed by atoms with Gasteiger partial charge in [-0.1, -0.05) is 29.4 Å². The molecule has 0 aliphatic rings. The Bertz CT molecular complexity index is 553. The fraction of sp³-hybridized carbons (Fsp3) is 0.273. The standard InChI is InChI=1S/C11H10F3N3OS/c1-15-9(19)7-4-2-6(3-5-7)8-16-10(18-17-8)11(12,13)14/h2-5,9,15,19H,1H3. The highest BCUT2D eigenvalue weighted by molar-refractivity contribution is 7.80. The van der Waals surface area contributed by atoms with Crippen molar-refractivity contribution in [1.82, 2.24) is 15.5 Å². The van der Waals surface area contributed by atoms with Gasteiger partial charge in [0.2, 0.25) is 5.82 Å². The molecule has 1 N–H and O–H groups in total. The van der Waals surface area contributed by atoms with Crippen LogP contribution in [0.3, 0.4) is 0 Å². The quantitative estimate of drug-likeness (QED) is 0.674. The van der Waals surface area contributed by atoms with Gasteiger partial charge in [0.1, 0.15) is 0 Å². The molecule has 0 fully saturated rings. The molecule has 0 saturated heterocycles. The van der Waals surface area contributed by atoms with Crippen LogP contribution < -0.4 is 5.32 Å². The first-order chi connectivity index (χ1) is 8.91. The van der Waals surface area contributed by atoms with E-state index in [1.807, 2.05) is 0 Å². The molecule has 2 aromatic rings. The topological polar surface area (TPSA) is 51.0 Å². The fourth-order valence-corrected chi connectivity index (χ4v) is 1.61. The van der Waals surface area contributed by atoms with E-state index in [0.29, 0.717) is 5.56 Å². The summed E-state index contributed by atoms with van der Waals surface area (Å²) in [4.78, 5) is 3.31. The molecule has 19 heavy (non-hydrogen) atoms. The molecule has 4 nitrogen and oxygen atoms in total. The van der Waals surface area contributed by atoms with E-state index in [0.717, 1.165) is 5.56 Å². The molecule has 0 saturated carbocycles. The zero-order valence-corrected chi connectivity index (χ0v) is 10.7. The lowest BCUT2D eigenvalue weighted by atomic mass is 10.1. The van der Waals surface area contributed by atoms with Gasteiger partial charge in [-0.25, -0.2) is 0 Å². The summed E-state index contributed by atoms with van der Waals surface area (Å²) in [5.41, 5.74) is 1.33. The van der Waals surface area contributed by atoms with E-state index in [1.165, 1.54) is 0 Å². The Morgan fingerprint density at radius 1 is 1.26 bits per heavy atom. The van der Waals surface area contributed by atoms with Crippen LogP contribution in [0.2, 0.25) is 0 Å². The first-order valence-corrected chi connectivity index (χ1v) is 5.80. The zero-order chi connectivity index (χ0) is 14.0. The number of nitrogens with one attached hydrogen (secondary N) is 1. The van der Waals surface area contributed by atoms with Crippen LogP contribution in [-0.2, 0) is 6.18 Å². The number of hydrogen-bond donors (Lipinski definition) is 2. The maximum atomic E-state index is 12.3. The lowest BCUT2D eigenvalue weighted by Crippen LogP contribution is -2.09. The lowest BCUT2D eigenvalue weighted by Gasteiger charge is -2.09. The van der Waals surface area contributed by atoms with Gasteiger partial charge in [0.15, 0.2) is 0 Å². The average Bonchev–Trinajstić information content (AvgIpc) is 2.87. The van der Waals surface area contributed by atoms with Gasteiger partial charge in [-0.3, -0.25) is 0 Å². The summed E-state index contributed by atoms with van der Waals surface area (Å²) in [6.45, 7) is 0. The van der Waals surface area contributed by atoms with E-state index in [4.69, 9.17) is 0 Å². The van der Waals surface area contributed by atoms with Crippen LogP contribution in [-0.4, -0.2) is 17.2 Å². The second kappa shape index (κ2) is 5.22. The highest BCUT2D eigenvalue weighted by Crippen LogP contribution is 2.29. The number of aromatic nitrogens is 2. The third-order valence-electron chi connectivity index (χ3n) is 2.43. The van der Waals surface area contributed by atoms with Gasteiger partial charge >= 0.3 is 12.1 Å². The van der Waals surface area contributed by atoms with Gasteiger partial charge in [-0.15, -0.1) is 0 Å². The van der Waals surface area contributed by atoms with Crippen LogP contribution in [0, 0.1) is 0 Å². The zero-order valence-electron chi connectivity index (χ0n) is 9.77. The van der Waals surface area contributed by atoms with Gasteiger partial charge in [-0.05, 0) is 12.6 Å². The van der Waals surface area contributed by atoms with Crippen molar-refractivity contribution < 1.29 is 17.7 Å². The summed E-state index contributed by atoms with van der Waals surface area (Å²) in [7, 11) is 1.75. The molecule has 0 spiro atoms. The highest BCUT2D eigenvalue weighted by Gasteiger charge is 2.38. The Kier molecular flexibility index (Phi) is 3.81. The Balaban J connectivity index is 2.25. The second-order valence-electron chi connectivity index (χ2n) is 3.73. The normalized spacial score (nSPS) is 13.5. The number of hydrogen-bond acceptors (Lipinski definition) is 5. The van der Waals surface area contributed by atoms with Gasteiger partial charge in [0.25, 0.3) is 0 Å². The summed E-state index contributed by atoms with van der Waals surface area (Å²) in [5, 5.41) is 6.09. The van der Waals surface area contributed by atoms with E-state index in [1.54, 1.807) is 31.3 Å². The van der Waals surface area contributed by atoms with Crippen LogP contribution in [0.25, 0.3) is 11.4 Å². The number of alkyl halides is 3. The van der Waals surface area contributed by atoms with Crippen molar-refractivity contribution in [2.75, 3.05) is 7.05 Å². The molecule has 1 heterocycles. The minimum atomic E-state index is -4.63. The van der Waals surface area contributed by atoms with Crippen molar-refractivity contribution in [1.29, 1.82) is 0 Å². The summed E-state index contributed by atoms with van der Waals surface area (Å²) in [5.74, 6) is -1.45. The van der Waals surface area contributed by atoms with Crippen molar-refractivity contribution in [2.45, 2.75) is 11.6 Å².